The van der Waals surface area contributed by atoms with E-state index in [4.69, 9.17) is 22.3 Å². The largest absolute Gasteiger partial charge is 0.383 e. The quantitative estimate of drug-likeness (QED) is 0.242. The van der Waals surface area contributed by atoms with E-state index in [1.165, 1.54) is 39.0 Å². The van der Waals surface area contributed by atoms with Crippen molar-refractivity contribution in [1.82, 2.24) is 34.3 Å². The number of hydrogen-bond acceptors (Lipinski definition) is 8. The Bertz CT molecular complexity index is 1730. The van der Waals surface area contributed by atoms with Crippen LogP contribution >= 0.6 is 11.6 Å². The van der Waals surface area contributed by atoms with E-state index in [9.17, 15) is 0 Å². The van der Waals surface area contributed by atoms with E-state index in [0.29, 0.717) is 29.0 Å². The van der Waals surface area contributed by atoms with Crippen molar-refractivity contribution in [3.8, 4) is 11.1 Å². The highest BCUT2D eigenvalue weighted by molar-refractivity contribution is 6.34. The Morgan fingerprint density at radius 3 is 2.40 bits per heavy atom. The van der Waals surface area contributed by atoms with Crippen LogP contribution in [0.5, 0.6) is 0 Å². The highest BCUT2D eigenvalue weighted by atomic mass is 35.5. The van der Waals surface area contributed by atoms with Crippen LogP contribution in [0.4, 0.5) is 17.5 Å². The molecule has 2 fully saturated rings. The van der Waals surface area contributed by atoms with Gasteiger partial charge in [0.05, 0.1) is 10.9 Å². The average molecular weight is 582 g/mol. The first kappa shape index (κ1) is 27.1. The molecule has 0 atom stereocenters. The molecule has 42 heavy (non-hydrogen) atoms. The summed E-state index contributed by atoms with van der Waals surface area (Å²) in [5.74, 6) is 0.974. The number of nitrogen functional groups attached to an aromatic ring is 1. The maximum Gasteiger partial charge on any atom is 0.229 e. The first-order valence-electron chi connectivity index (χ1n) is 14.8. The van der Waals surface area contributed by atoms with Crippen LogP contribution in [0.25, 0.3) is 33.1 Å². The third-order valence-electron chi connectivity index (χ3n) is 9.01. The Labute approximate surface area is 250 Å². The summed E-state index contributed by atoms with van der Waals surface area (Å²) in [6.07, 6.45) is 8.52. The number of anilines is 3. The van der Waals surface area contributed by atoms with Crippen molar-refractivity contribution in [2.45, 2.75) is 44.7 Å². The van der Waals surface area contributed by atoms with Crippen molar-refractivity contribution < 1.29 is 0 Å². The molecule has 3 N–H and O–H groups in total. The maximum atomic E-state index is 6.47. The third-order valence-corrected chi connectivity index (χ3v) is 9.30. The summed E-state index contributed by atoms with van der Waals surface area (Å²) in [6.45, 7) is 6.71. The van der Waals surface area contributed by atoms with E-state index in [-0.39, 0.29) is 0 Å². The lowest BCUT2D eigenvalue weighted by atomic mass is 9.89. The number of hydrogen-bond donors (Lipinski definition) is 2. The molecule has 216 valence electrons. The van der Waals surface area contributed by atoms with Gasteiger partial charge in [0, 0.05) is 61.1 Å². The minimum absolute atomic E-state index is 0.402. The number of rotatable bonds is 5. The summed E-state index contributed by atoms with van der Waals surface area (Å²) in [5, 5.41) is 5.50. The molecule has 1 saturated heterocycles. The molecule has 1 saturated carbocycles. The van der Waals surface area contributed by atoms with Crippen molar-refractivity contribution in [2.24, 2.45) is 0 Å². The fraction of sp³-hybridized carbons (Fsp3) is 0.375. The minimum atomic E-state index is 0.402. The third kappa shape index (κ3) is 5.17. The minimum Gasteiger partial charge on any atom is -0.383 e. The van der Waals surface area contributed by atoms with Crippen molar-refractivity contribution in [1.29, 1.82) is 0 Å². The predicted molar refractivity (Wildman–Crippen MR) is 170 cm³/mol. The van der Waals surface area contributed by atoms with Gasteiger partial charge in [-0.3, -0.25) is 4.90 Å². The number of likely N-dealkylation sites (N-methyl/N-ethyl adjacent to an activating group) is 1. The number of benzene rings is 2. The lowest BCUT2D eigenvalue weighted by Gasteiger charge is -2.41. The zero-order valence-electron chi connectivity index (χ0n) is 24.1. The zero-order chi connectivity index (χ0) is 28.8. The van der Waals surface area contributed by atoms with Gasteiger partial charge in [-0.15, -0.1) is 0 Å². The van der Waals surface area contributed by atoms with E-state index in [1.807, 2.05) is 37.3 Å². The molecular formula is C32H36ClN9. The van der Waals surface area contributed by atoms with Crippen molar-refractivity contribution >= 4 is 51.0 Å². The van der Waals surface area contributed by atoms with Gasteiger partial charge in [0.1, 0.15) is 22.9 Å². The number of fused-ring (bicyclic) bond motifs is 2. The number of nitrogens with two attached hydrogens (primary N) is 1. The summed E-state index contributed by atoms with van der Waals surface area (Å²) >= 11 is 6.47. The second-order valence-corrected chi connectivity index (χ2v) is 12.1. The first-order valence-corrected chi connectivity index (χ1v) is 15.2. The van der Waals surface area contributed by atoms with E-state index in [2.05, 4.69) is 60.0 Å². The van der Waals surface area contributed by atoms with Crippen LogP contribution in [-0.4, -0.2) is 73.6 Å². The predicted octanol–water partition coefficient (Wildman–Crippen LogP) is 6.06. The van der Waals surface area contributed by atoms with Gasteiger partial charge < -0.3 is 20.5 Å². The molecule has 1 aliphatic heterocycles. The number of nitrogens with zero attached hydrogens (tertiary/aromatic N) is 7. The number of aromatic nitrogens is 5. The van der Waals surface area contributed by atoms with Crippen molar-refractivity contribution in [2.75, 3.05) is 44.3 Å². The van der Waals surface area contributed by atoms with E-state index < -0.39 is 0 Å². The fourth-order valence-corrected chi connectivity index (χ4v) is 6.85. The van der Waals surface area contributed by atoms with Crippen molar-refractivity contribution in [3.63, 3.8) is 0 Å². The highest BCUT2D eigenvalue weighted by Crippen LogP contribution is 2.39. The van der Waals surface area contributed by atoms with Gasteiger partial charge in [-0.05, 0) is 69.5 Å². The van der Waals surface area contributed by atoms with Crippen LogP contribution in [0, 0.1) is 6.92 Å². The lowest BCUT2D eigenvalue weighted by Crippen LogP contribution is -2.49. The van der Waals surface area contributed by atoms with Gasteiger partial charge in [0.25, 0.3) is 0 Å². The van der Waals surface area contributed by atoms with Crippen LogP contribution in [0.15, 0.2) is 55.0 Å². The second kappa shape index (κ2) is 11.1. The van der Waals surface area contributed by atoms with Crippen LogP contribution < -0.4 is 11.1 Å². The van der Waals surface area contributed by atoms with E-state index >= 15 is 0 Å². The van der Waals surface area contributed by atoms with Crippen LogP contribution in [-0.2, 0) is 0 Å². The molecule has 1 aliphatic carbocycles. The molecule has 2 aromatic carbocycles. The molecule has 0 amide bonds. The Morgan fingerprint density at radius 1 is 0.905 bits per heavy atom. The zero-order valence-corrected chi connectivity index (χ0v) is 24.8. The Balaban J connectivity index is 1.12. The normalized spacial score (nSPS) is 20.4. The Hall–Kier alpha value is -3.79. The van der Waals surface area contributed by atoms with Crippen LogP contribution in [0.3, 0.4) is 0 Å². The Morgan fingerprint density at radius 2 is 1.64 bits per heavy atom. The molecule has 0 unspecified atom stereocenters. The SMILES string of the molecule is Cc1ccc2nc(Nc3ccc(-c4cn([C@H]5CC[C@@H](N6CCN(C)CC6)CC5)c5ncnc(N)c45)cc3)nc(Cl)c2c1. The van der Waals surface area contributed by atoms with Crippen molar-refractivity contribution in [3.05, 3.63) is 65.7 Å². The topological polar surface area (TPSA) is 101 Å². The summed E-state index contributed by atoms with van der Waals surface area (Å²) in [4.78, 5) is 23.3. The summed E-state index contributed by atoms with van der Waals surface area (Å²) in [6, 6.07) is 15.3. The standard InChI is InChI=1S/C32H36ClN9/c1-20-3-12-27-25(17-20)29(33)39-32(38-27)37-22-6-4-21(5-7-22)26-18-42(31-28(26)30(34)35-19-36-31)24-10-8-23(9-11-24)41-15-13-40(2)14-16-41/h3-7,12,17-19,23-24H,8-11,13-16H2,1-2H3,(H2,34,35,36)(H,37,38,39)/t23-,24+. The molecule has 9 nitrogen and oxygen atoms in total. The van der Waals surface area contributed by atoms with Gasteiger partial charge in [-0.2, -0.15) is 0 Å². The van der Waals surface area contributed by atoms with Crippen LogP contribution in [0.2, 0.25) is 5.15 Å². The highest BCUT2D eigenvalue weighted by Gasteiger charge is 2.30. The number of aryl methyl sites for hydroxylation is 1. The molecule has 7 rings (SSSR count). The molecule has 0 spiro atoms. The lowest BCUT2D eigenvalue weighted by molar-refractivity contribution is 0.0828. The number of nitrogens with one attached hydrogen (secondary N) is 1. The van der Waals surface area contributed by atoms with Crippen LogP contribution in [0.1, 0.15) is 37.3 Å². The summed E-state index contributed by atoms with van der Waals surface area (Å²) in [5.41, 5.74) is 12.3. The summed E-state index contributed by atoms with van der Waals surface area (Å²) in [7, 11) is 2.22. The van der Waals surface area contributed by atoms with Gasteiger partial charge in [0.15, 0.2) is 0 Å². The monoisotopic (exact) mass is 581 g/mol. The van der Waals surface area contributed by atoms with E-state index in [0.717, 1.165) is 57.2 Å². The molecule has 0 radical (unpaired) electrons. The summed E-state index contributed by atoms with van der Waals surface area (Å²) < 4.78 is 2.35. The van der Waals surface area contributed by atoms with Gasteiger partial charge in [-0.1, -0.05) is 35.4 Å². The van der Waals surface area contributed by atoms with Gasteiger partial charge in [-0.25, -0.2) is 19.9 Å². The molecule has 4 heterocycles. The maximum absolute atomic E-state index is 6.47. The molecule has 10 heteroatoms. The number of halogens is 1. The molecular weight excluding hydrogens is 546 g/mol. The van der Waals surface area contributed by atoms with Gasteiger partial charge >= 0.3 is 0 Å². The molecule has 2 aliphatic rings. The average Bonchev–Trinajstić information content (AvgIpc) is 3.40. The second-order valence-electron chi connectivity index (χ2n) is 11.8. The smallest absolute Gasteiger partial charge is 0.229 e. The molecule has 0 bridgehead atoms. The number of piperazine rings is 1. The van der Waals surface area contributed by atoms with E-state index in [1.54, 1.807) is 6.33 Å². The van der Waals surface area contributed by atoms with Gasteiger partial charge in [0.2, 0.25) is 5.95 Å². The molecule has 5 aromatic rings. The fourth-order valence-electron chi connectivity index (χ4n) is 6.62. The first-order chi connectivity index (χ1) is 20.4. The molecule has 3 aromatic heterocycles. The Kier molecular flexibility index (Phi) is 7.17.